The zero-order valence-electron chi connectivity index (χ0n) is 9.67. The number of carboxylic acids is 1. The second-order valence-corrected chi connectivity index (χ2v) is 3.86. The molecule has 0 atom stereocenters. The molecule has 0 spiro atoms. The second kappa shape index (κ2) is 5.36. The van der Waals surface area contributed by atoms with Crippen LogP contribution in [0.1, 0.15) is 21.5 Å². The van der Waals surface area contributed by atoms with Gasteiger partial charge in [0.2, 0.25) is 0 Å². The Balaban J connectivity index is 2.00. The lowest BCUT2D eigenvalue weighted by Crippen LogP contribution is -1.98. The molecule has 2 aromatic carbocycles. The van der Waals surface area contributed by atoms with Crippen LogP contribution in [-0.4, -0.2) is 11.1 Å². The van der Waals surface area contributed by atoms with E-state index in [1.807, 2.05) is 12.1 Å². The summed E-state index contributed by atoms with van der Waals surface area (Å²) in [7, 11) is 0. The predicted molar refractivity (Wildman–Crippen MR) is 67.6 cm³/mol. The first-order valence-electron chi connectivity index (χ1n) is 5.46. The van der Waals surface area contributed by atoms with Crippen molar-refractivity contribution in [2.45, 2.75) is 6.61 Å². The van der Waals surface area contributed by atoms with Gasteiger partial charge >= 0.3 is 5.97 Å². The summed E-state index contributed by atoms with van der Waals surface area (Å²) in [5, 5.41) is 8.77. The highest BCUT2D eigenvalue weighted by atomic mass is 16.5. The van der Waals surface area contributed by atoms with Crippen LogP contribution in [0.15, 0.2) is 48.5 Å². The van der Waals surface area contributed by atoms with Crippen LogP contribution in [0.4, 0.5) is 0 Å². The third kappa shape index (κ3) is 3.10. The standard InChI is InChI=1S/C15H12O3/c1-11-3-2-4-14(9-11)18-10-12-5-7-13(8-6-12)15(16)17/h1-9H,10H2,(H,16,17). The van der Waals surface area contributed by atoms with Crippen molar-refractivity contribution in [3.63, 3.8) is 0 Å². The minimum Gasteiger partial charge on any atom is -0.489 e. The maximum Gasteiger partial charge on any atom is 0.335 e. The SMILES string of the molecule is [CH]c1cccc(OCc2ccc(C(=O)O)cc2)c1. The maximum atomic E-state index is 10.7. The van der Waals surface area contributed by atoms with Gasteiger partial charge in [-0.3, -0.25) is 0 Å². The van der Waals surface area contributed by atoms with Gasteiger partial charge in [-0.2, -0.15) is 0 Å². The first-order chi connectivity index (χ1) is 8.65. The summed E-state index contributed by atoms with van der Waals surface area (Å²) >= 11 is 0. The molecule has 0 aromatic heterocycles. The smallest absolute Gasteiger partial charge is 0.335 e. The molecule has 2 radical (unpaired) electrons. The monoisotopic (exact) mass is 240 g/mol. The van der Waals surface area contributed by atoms with E-state index in [-0.39, 0.29) is 5.56 Å². The number of ether oxygens (including phenoxy) is 1. The van der Waals surface area contributed by atoms with Gasteiger partial charge in [0.1, 0.15) is 12.4 Å². The van der Waals surface area contributed by atoms with Gasteiger partial charge in [-0.25, -0.2) is 4.79 Å². The Hall–Kier alpha value is -2.29. The fourth-order valence-electron chi connectivity index (χ4n) is 1.51. The van der Waals surface area contributed by atoms with E-state index in [0.29, 0.717) is 17.9 Å². The van der Waals surface area contributed by atoms with Crippen molar-refractivity contribution in [3.05, 3.63) is 72.1 Å². The summed E-state index contributed by atoms with van der Waals surface area (Å²) < 4.78 is 5.55. The van der Waals surface area contributed by atoms with Gasteiger partial charge in [0.25, 0.3) is 0 Å². The topological polar surface area (TPSA) is 46.5 Å². The van der Waals surface area contributed by atoms with Gasteiger partial charge in [0.15, 0.2) is 0 Å². The summed E-state index contributed by atoms with van der Waals surface area (Å²) in [6.45, 7) is 6.01. The molecular weight excluding hydrogens is 228 g/mol. The molecule has 0 saturated carbocycles. The molecule has 3 heteroatoms. The lowest BCUT2D eigenvalue weighted by Gasteiger charge is -2.07. The Kier molecular flexibility index (Phi) is 3.63. The highest BCUT2D eigenvalue weighted by Crippen LogP contribution is 2.14. The molecule has 18 heavy (non-hydrogen) atoms. The summed E-state index contributed by atoms with van der Waals surface area (Å²) in [5.74, 6) is -0.240. The lowest BCUT2D eigenvalue weighted by molar-refractivity contribution is 0.0697. The van der Waals surface area contributed by atoms with E-state index in [0.717, 1.165) is 5.56 Å². The Bertz CT molecular complexity index is 544. The molecule has 0 aliphatic heterocycles. The Morgan fingerprint density at radius 3 is 2.50 bits per heavy atom. The van der Waals surface area contributed by atoms with Crippen LogP contribution in [0, 0.1) is 6.92 Å². The van der Waals surface area contributed by atoms with Crippen LogP contribution in [0.5, 0.6) is 5.75 Å². The van der Waals surface area contributed by atoms with Gasteiger partial charge in [-0.05, 0) is 42.3 Å². The Labute approximate surface area is 106 Å². The van der Waals surface area contributed by atoms with Crippen LogP contribution < -0.4 is 4.74 Å². The minimum absolute atomic E-state index is 0.266. The van der Waals surface area contributed by atoms with Crippen molar-refractivity contribution in [2.75, 3.05) is 0 Å². The van der Waals surface area contributed by atoms with E-state index >= 15 is 0 Å². The molecule has 90 valence electrons. The number of carboxylic acid groups (broad SMARTS) is 1. The van der Waals surface area contributed by atoms with Crippen LogP contribution >= 0.6 is 0 Å². The van der Waals surface area contributed by atoms with Crippen LogP contribution in [-0.2, 0) is 6.61 Å². The summed E-state index contributed by atoms with van der Waals surface area (Å²) in [5.41, 5.74) is 1.82. The van der Waals surface area contributed by atoms with Gasteiger partial charge in [-0.15, -0.1) is 0 Å². The van der Waals surface area contributed by atoms with Crippen molar-refractivity contribution in [3.8, 4) is 5.75 Å². The Morgan fingerprint density at radius 1 is 1.17 bits per heavy atom. The molecule has 0 aliphatic rings. The number of hydrogen-bond donors (Lipinski definition) is 1. The van der Waals surface area contributed by atoms with Gasteiger partial charge in [0.05, 0.1) is 5.56 Å². The fourth-order valence-corrected chi connectivity index (χ4v) is 1.51. The highest BCUT2D eigenvalue weighted by molar-refractivity contribution is 5.87. The van der Waals surface area contributed by atoms with Crippen molar-refractivity contribution in [1.29, 1.82) is 0 Å². The molecule has 3 nitrogen and oxygen atoms in total. The van der Waals surface area contributed by atoms with Gasteiger partial charge in [-0.1, -0.05) is 24.3 Å². The van der Waals surface area contributed by atoms with Crippen LogP contribution in [0.3, 0.4) is 0 Å². The van der Waals surface area contributed by atoms with Crippen molar-refractivity contribution >= 4 is 5.97 Å². The quantitative estimate of drug-likeness (QED) is 0.893. The lowest BCUT2D eigenvalue weighted by atomic mass is 10.1. The molecule has 0 fully saturated rings. The van der Waals surface area contributed by atoms with Crippen molar-refractivity contribution < 1.29 is 14.6 Å². The number of benzene rings is 2. The van der Waals surface area contributed by atoms with E-state index in [1.54, 1.807) is 36.4 Å². The average Bonchev–Trinajstić information content (AvgIpc) is 2.37. The average molecular weight is 240 g/mol. The summed E-state index contributed by atoms with van der Waals surface area (Å²) in [6.07, 6.45) is 0. The maximum absolute atomic E-state index is 10.7. The van der Waals surface area contributed by atoms with Gasteiger partial charge < -0.3 is 9.84 Å². The molecule has 0 heterocycles. The number of rotatable bonds is 4. The number of hydrogen-bond acceptors (Lipinski definition) is 2. The second-order valence-electron chi connectivity index (χ2n) is 3.86. The van der Waals surface area contributed by atoms with Gasteiger partial charge in [0, 0.05) is 0 Å². The summed E-state index contributed by atoms with van der Waals surface area (Å²) in [4.78, 5) is 10.7. The first-order valence-corrected chi connectivity index (χ1v) is 5.46. The molecule has 0 amide bonds. The molecule has 2 rings (SSSR count). The van der Waals surface area contributed by atoms with Crippen LogP contribution in [0.25, 0.3) is 0 Å². The molecule has 0 saturated heterocycles. The third-order valence-electron chi connectivity index (χ3n) is 2.46. The third-order valence-corrected chi connectivity index (χ3v) is 2.46. The molecule has 2 aromatic rings. The molecule has 1 N–H and O–H groups in total. The Morgan fingerprint density at radius 2 is 1.89 bits per heavy atom. The largest absolute Gasteiger partial charge is 0.489 e. The predicted octanol–water partition coefficient (Wildman–Crippen LogP) is 3.02. The zero-order valence-corrected chi connectivity index (χ0v) is 9.67. The van der Waals surface area contributed by atoms with Crippen LogP contribution in [0.2, 0.25) is 0 Å². The summed E-state index contributed by atoms with van der Waals surface area (Å²) in [6, 6.07) is 13.7. The highest BCUT2D eigenvalue weighted by Gasteiger charge is 2.02. The first kappa shape index (κ1) is 12.2. The van der Waals surface area contributed by atoms with E-state index in [2.05, 4.69) is 0 Å². The fraction of sp³-hybridized carbons (Fsp3) is 0.0667. The van der Waals surface area contributed by atoms with Crippen molar-refractivity contribution in [1.82, 2.24) is 0 Å². The normalized spacial score (nSPS) is 10.1. The molecule has 0 unspecified atom stereocenters. The van der Waals surface area contributed by atoms with E-state index in [9.17, 15) is 4.79 Å². The molecule has 0 bridgehead atoms. The van der Waals surface area contributed by atoms with E-state index in [1.165, 1.54) is 0 Å². The van der Waals surface area contributed by atoms with E-state index in [4.69, 9.17) is 16.8 Å². The van der Waals surface area contributed by atoms with Crippen molar-refractivity contribution in [2.24, 2.45) is 0 Å². The molecular formula is C15H12O3. The van der Waals surface area contributed by atoms with E-state index < -0.39 is 5.97 Å². The number of carbonyl (C=O) groups is 1. The number of aromatic carboxylic acids is 1. The molecule has 0 aliphatic carbocycles. The zero-order chi connectivity index (χ0) is 13.0. The minimum atomic E-state index is -0.932.